The molecule has 0 aromatic rings. The summed E-state index contributed by atoms with van der Waals surface area (Å²) in [4.78, 5) is 0. The Balaban J connectivity index is 2.49. The number of nitrogens with two attached hydrogens (primary N) is 1. The maximum Gasteiger partial charge on any atom is 0.0700 e. The fourth-order valence-electron chi connectivity index (χ4n) is 1.44. The molecule has 0 radical (unpaired) electrons. The second-order valence-electron chi connectivity index (χ2n) is 3.35. The van der Waals surface area contributed by atoms with Gasteiger partial charge in [-0.15, -0.1) is 0 Å². The van der Waals surface area contributed by atoms with Gasteiger partial charge in [0.2, 0.25) is 0 Å². The van der Waals surface area contributed by atoms with Gasteiger partial charge in [-0.2, -0.15) is 11.8 Å². The van der Waals surface area contributed by atoms with Gasteiger partial charge in [-0.25, -0.2) is 0 Å². The summed E-state index contributed by atoms with van der Waals surface area (Å²) in [5.74, 6) is 2.42. The largest absolute Gasteiger partial charge is 0.390 e. The highest BCUT2D eigenvalue weighted by atomic mass is 32.2. The van der Waals surface area contributed by atoms with E-state index in [1.165, 1.54) is 0 Å². The number of hydrogen-bond donors (Lipinski definition) is 2. The van der Waals surface area contributed by atoms with E-state index in [0.29, 0.717) is 6.54 Å². The van der Waals surface area contributed by atoms with Crippen LogP contribution in [0.15, 0.2) is 0 Å². The molecule has 1 aliphatic rings. The van der Waals surface area contributed by atoms with Gasteiger partial charge in [0.05, 0.1) is 5.60 Å². The lowest BCUT2D eigenvalue weighted by atomic mass is 9.84. The molecule has 1 unspecified atom stereocenters. The molecule has 2 nitrogen and oxygen atoms in total. The summed E-state index contributed by atoms with van der Waals surface area (Å²) in [7, 11) is 0. The molecule has 1 fully saturated rings. The third-order valence-electron chi connectivity index (χ3n) is 2.63. The summed E-state index contributed by atoms with van der Waals surface area (Å²) in [5.41, 5.74) is 5.06. The van der Waals surface area contributed by atoms with E-state index < -0.39 is 5.60 Å². The molecular weight excluding hydrogens is 158 g/mol. The first-order valence-electron chi connectivity index (χ1n) is 4.19. The average Bonchev–Trinajstić information content (AvgIpc) is 2.04. The van der Waals surface area contributed by atoms with Crippen LogP contribution in [-0.2, 0) is 0 Å². The van der Waals surface area contributed by atoms with Gasteiger partial charge in [0.15, 0.2) is 0 Å². The number of thioether (sulfide) groups is 1. The van der Waals surface area contributed by atoms with E-state index in [4.69, 9.17) is 5.73 Å². The Hall–Kier alpha value is 0.270. The fraction of sp³-hybridized carbons (Fsp3) is 1.00. The minimum atomic E-state index is -0.458. The predicted octanol–water partition coefficient (Wildman–Crippen LogP) is 0.839. The van der Waals surface area contributed by atoms with Crippen LogP contribution >= 0.6 is 11.8 Å². The first-order valence-corrected chi connectivity index (χ1v) is 5.35. The standard InChI is InChI=1S/C8H17NOS/c1-7(6-9)8(10)2-4-11-5-3-8/h7,10H,2-6,9H2,1H3. The van der Waals surface area contributed by atoms with Crippen molar-refractivity contribution in [2.75, 3.05) is 18.1 Å². The zero-order valence-electron chi connectivity index (χ0n) is 7.05. The minimum absolute atomic E-state index is 0.253. The van der Waals surface area contributed by atoms with Crippen molar-refractivity contribution in [1.82, 2.24) is 0 Å². The quantitative estimate of drug-likeness (QED) is 0.654. The second-order valence-corrected chi connectivity index (χ2v) is 4.58. The molecule has 3 heteroatoms. The minimum Gasteiger partial charge on any atom is -0.390 e. The summed E-state index contributed by atoms with van der Waals surface area (Å²) in [6.07, 6.45) is 1.83. The molecule has 0 aromatic heterocycles. The van der Waals surface area contributed by atoms with Gasteiger partial charge in [-0.05, 0) is 36.8 Å². The summed E-state index contributed by atoms with van der Waals surface area (Å²) in [6.45, 7) is 2.64. The molecule has 1 rings (SSSR count). The number of hydrogen-bond acceptors (Lipinski definition) is 3. The molecule has 11 heavy (non-hydrogen) atoms. The van der Waals surface area contributed by atoms with Crippen LogP contribution in [0.4, 0.5) is 0 Å². The summed E-state index contributed by atoms with van der Waals surface area (Å²) >= 11 is 1.92. The van der Waals surface area contributed by atoms with Crippen molar-refractivity contribution >= 4 is 11.8 Å². The molecular formula is C8H17NOS. The fourth-order valence-corrected chi connectivity index (χ4v) is 2.64. The van der Waals surface area contributed by atoms with Gasteiger partial charge >= 0.3 is 0 Å². The van der Waals surface area contributed by atoms with Crippen LogP contribution in [0.3, 0.4) is 0 Å². The van der Waals surface area contributed by atoms with Crippen molar-refractivity contribution < 1.29 is 5.11 Å². The second kappa shape index (κ2) is 3.78. The molecule has 0 aromatic carbocycles. The molecule has 0 saturated carbocycles. The van der Waals surface area contributed by atoms with E-state index in [2.05, 4.69) is 0 Å². The first kappa shape index (κ1) is 9.36. The smallest absolute Gasteiger partial charge is 0.0700 e. The maximum absolute atomic E-state index is 10.0. The number of rotatable bonds is 2. The summed E-state index contributed by atoms with van der Waals surface area (Å²) in [6, 6.07) is 0. The van der Waals surface area contributed by atoms with Crippen LogP contribution in [0.1, 0.15) is 19.8 Å². The Morgan fingerprint density at radius 2 is 2.09 bits per heavy atom. The molecule has 0 aliphatic carbocycles. The normalized spacial score (nSPS) is 26.5. The molecule has 66 valence electrons. The SMILES string of the molecule is CC(CN)C1(O)CCSCC1. The maximum atomic E-state index is 10.0. The monoisotopic (exact) mass is 175 g/mol. The van der Waals surface area contributed by atoms with E-state index in [-0.39, 0.29) is 5.92 Å². The third kappa shape index (κ3) is 2.10. The zero-order valence-corrected chi connectivity index (χ0v) is 7.86. The number of aliphatic hydroxyl groups is 1. The van der Waals surface area contributed by atoms with Crippen molar-refractivity contribution in [3.8, 4) is 0 Å². The zero-order chi connectivity index (χ0) is 8.32. The Morgan fingerprint density at radius 1 is 1.55 bits per heavy atom. The topological polar surface area (TPSA) is 46.2 Å². The van der Waals surface area contributed by atoms with Crippen molar-refractivity contribution in [3.63, 3.8) is 0 Å². The lowest BCUT2D eigenvalue weighted by Gasteiger charge is -2.36. The van der Waals surface area contributed by atoms with Crippen LogP contribution in [0.25, 0.3) is 0 Å². The molecule has 0 bridgehead atoms. The molecule has 1 heterocycles. The first-order chi connectivity index (χ1) is 5.19. The van der Waals surface area contributed by atoms with E-state index in [1.54, 1.807) is 0 Å². The van der Waals surface area contributed by atoms with Crippen molar-refractivity contribution in [2.24, 2.45) is 11.7 Å². The summed E-state index contributed by atoms with van der Waals surface area (Å²) < 4.78 is 0. The van der Waals surface area contributed by atoms with Gasteiger partial charge in [-0.3, -0.25) is 0 Å². The van der Waals surface area contributed by atoms with Crippen molar-refractivity contribution in [3.05, 3.63) is 0 Å². The Labute approximate surface area is 72.5 Å². The predicted molar refractivity (Wildman–Crippen MR) is 49.7 cm³/mol. The molecule has 1 saturated heterocycles. The Morgan fingerprint density at radius 3 is 2.55 bits per heavy atom. The third-order valence-corrected chi connectivity index (χ3v) is 3.62. The lowest BCUT2D eigenvalue weighted by Crippen LogP contribution is -2.43. The van der Waals surface area contributed by atoms with Crippen LogP contribution < -0.4 is 5.73 Å². The lowest BCUT2D eigenvalue weighted by molar-refractivity contribution is -0.0158. The Kier molecular flexibility index (Phi) is 3.22. The molecule has 3 N–H and O–H groups in total. The molecule has 1 aliphatic heterocycles. The van der Waals surface area contributed by atoms with Crippen LogP contribution in [0.2, 0.25) is 0 Å². The summed E-state index contributed by atoms with van der Waals surface area (Å²) in [5, 5.41) is 10.0. The van der Waals surface area contributed by atoms with Crippen LogP contribution in [0.5, 0.6) is 0 Å². The highest BCUT2D eigenvalue weighted by molar-refractivity contribution is 7.99. The molecule has 0 spiro atoms. The van der Waals surface area contributed by atoms with Gasteiger partial charge in [-0.1, -0.05) is 6.92 Å². The van der Waals surface area contributed by atoms with E-state index in [1.807, 2.05) is 18.7 Å². The van der Waals surface area contributed by atoms with Crippen molar-refractivity contribution in [1.29, 1.82) is 0 Å². The van der Waals surface area contributed by atoms with Crippen LogP contribution in [0, 0.1) is 5.92 Å². The highest BCUT2D eigenvalue weighted by Crippen LogP contribution is 2.32. The Bertz CT molecular complexity index is 123. The van der Waals surface area contributed by atoms with Gasteiger partial charge in [0.1, 0.15) is 0 Å². The highest BCUT2D eigenvalue weighted by Gasteiger charge is 2.34. The van der Waals surface area contributed by atoms with Gasteiger partial charge in [0, 0.05) is 0 Å². The van der Waals surface area contributed by atoms with E-state index in [9.17, 15) is 5.11 Å². The van der Waals surface area contributed by atoms with E-state index >= 15 is 0 Å². The molecule has 1 atom stereocenters. The van der Waals surface area contributed by atoms with Gasteiger partial charge < -0.3 is 10.8 Å². The van der Waals surface area contributed by atoms with Crippen LogP contribution in [-0.4, -0.2) is 28.8 Å². The molecule has 0 amide bonds. The van der Waals surface area contributed by atoms with E-state index in [0.717, 1.165) is 24.3 Å². The average molecular weight is 175 g/mol. The van der Waals surface area contributed by atoms with Crippen molar-refractivity contribution in [2.45, 2.75) is 25.4 Å². The van der Waals surface area contributed by atoms with Gasteiger partial charge in [0.25, 0.3) is 0 Å².